The lowest BCUT2D eigenvalue weighted by Gasteiger charge is -2.17. The summed E-state index contributed by atoms with van der Waals surface area (Å²) in [6.07, 6.45) is 0.248. The quantitative estimate of drug-likeness (QED) is 0.618. The second-order valence-electron chi connectivity index (χ2n) is 4.45. The normalized spacial score (nSPS) is 13.2. The van der Waals surface area contributed by atoms with Gasteiger partial charge in [0.1, 0.15) is 11.6 Å². The molecule has 0 saturated carbocycles. The van der Waals surface area contributed by atoms with Gasteiger partial charge in [0.05, 0.1) is 6.61 Å². The van der Waals surface area contributed by atoms with Crippen molar-refractivity contribution >= 4 is 5.96 Å². The van der Waals surface area contributed by atoms with E-state index in [1.807, 2.05) is 6.92 Å². The predicted molar refractivity (Wildman–Crippen MR) is 75.9 cm³/mol. The Morgan fingerprint density at radius 1 is 1.35 bits per heavy atom. The average molecular weight is 285 g/mol. The molecular formula is C14H21F2N3O. The van der Waals surface area contributed by atoms with Crippen LogP contribution in [0, 0.1) is 11.6 Å². The van der Waals surface area contributed by atoms with E-state index in [1.165, 1.54) is 18.2 Å². The number of aliphatic imine (C=N–C) groups is 1. The maximum Gasteiger partial charge on any atom is 0.191 e. The maximum atomic E-state index is 13.4. The van der Waals surface area contributed by atoms with E-state index in [1.54, 1.807) is 14.2 Å². The zero-order valence-electron chi connectivity index (χ0n) is 12.0. The SMILES string of the molecule is CN=C(NCCc1c(F)cccc1F)NC(C)COC. The van der Waals surface area contributed by atoms with Crippen LogP contribution in [0.4, 0.5) is 8.78 Å². The molecule has 0 aliphatic rings. The topological polar surface area (TPSA) is 45.7 Å². The first-order valence-electron chi connectivity index (χ1n) is 6.47. The Bertz CT molecular complexity index is 432. The van der Waals surface area contributed by atoms with Gasteiger partial charge in [-0.15, -0.1) is 0 Å². The lowest BCUT2D eigenvalue weighted by atomic mass is 10.1. The molecule has 1 atom stereocenters. The van der Waals surface area contributed by atoms with Crippen LogP contribution < -0.4 is 10.6 Å². The van der Waals surface area contributed by atoms with Gasteiger partial charge in [0.2, 0.25) is 0 Å². The van der Waals surface area contributed by atoms with Crippen molar-refractivity contribution in [1.29, 1.82) is 0 Å². The van der Waals surface area contributed by atoms with Crippen molar-refractivity contribution in [1.82, 2.24) is 10.6 Å². The number of halogens is 2. The molecular weight excluding hydrogens is 264 g/mol. The molecule has 0 spiro atoms. The third-order valence-electron chi connectivity index (χ3n) is 2.75. The van der Waals surface area contributed by atoms with Crippen molar-refractivity contribution in [3.05, 3.63) is 35.4 Å². The van der Waals surface area contributed by atoms with Crippen LogP contribution in [0.5, 0.6) is 0 Å². The van der Waals surface area contributed by atoms with Gasteiger partial charge >= 0.3 is 0 Å². The van der Waals surface area contributed by atoms with E-state index in [9.17, 15) is 8.78 Å². The summed E-state index contributed by atoms with van der Waals surface area (Å²) >= 11 is 0. The van der Waals surface area contributed by atoms with Crippen LogP contribution in [0.2, 0.25) is 0 Å². The number of methoxy groups -OCH3 is 1. The largest absolute Gasteiger partial charge is 0.383 e. The Morgan fingerprint density at radius 3 is 2.55 bits per heavy atom. The van der Waals surface area contributed by atoms with Crippen LogP contribution in [0.25, 0.3) is 0 Å². The number of nitrogens with zero attached hydrogens (tertiary/aromatic N) is 1. The number of guanidine groups is 1. The second-order valence-corrected chi connectivity index (χ2v) is 4.45. The summed E-state index contributed by atoms with van der Waals surface area (Å²) in [4.78, 5) is 4.04. The molecule has 0 bridgehead atoms. The highest BCUT2D eigenvalue weighted by molar-refractivity contribution is 5.79. The standard InChI is InChI=1S/C14H21F2N3O/c1-10(9-20-3)19-14(17-2)18-8-7-11-12(15)5-4-6-13(11)16/h4-6,10H,7-9H2,1-3H3,(H2,17,18,19). The van der Waals surface area contributed by atoms with Gasteiger partial charge in [-0.25, -0.2) is 8.78 Å². The predicted octanol–water partition coefficient (Wildman–Crippen LogP) is 1.71. The maximum absolute atomic E-state index is 13.4. The van der Waals surface area contributed by atoms with Gasteiger partial charge < -0.3 is 15.4 Å². The number of hydrogen-bond donors (Lipinski definition) is 2. The Labute approximate surface area is 118 Å². The molecule has 2 N–H and O–H groups in total. The highest BCUT2D eigenvalue weighted by Gasteiger charge is 2.09. The minimum Gasteiger partial charge on any atom is -0.383 e. The Morgan fingerprint density at radius 2 is 2.00 bits per heavy atom. The molecule has 1 aromatic carbocycles. The number of nitrogens with one attached hydrogen (secondary N) is 2. The summed E-state index contributed by atoms with van der Waals surface area (Å²) in [5, 5.41) is 6.12. The van der Waals surface area contributed by atoms with Gasteiger partial charge in [-0.05, 0) is 25.5 Å². The highest BCUT2D eigenvalue weighted by Crippen LogP contribution is 2.11. The van der Waals surface area contributed by atoms with Crippen molar-refractivity contribution in [3.63, 3.8) is 0 Å². The van der Waals surface area contributed by atoms with Crippen LogP contribution in [-0.4, -0.2) is 39.3 Å². The molecule has 0 fully saturated rings. The van der Waals surface area contributed by atoms with E-state index < -0.39 is 11.6 Å². The van der Waals surface area contributed by atoms with Crippen LogP contribution in [0.3, 0.4) is 0 Å². The molecule has 4 nitrogen and oxygen atoms in total. The van der Waals surface area contributed by atoms with Crippen molar-refractivity contribution in [2.45, 2.75) is 19.4 Å². The number of ether oxygens (including phenoxy) is 1. The fraction of sp³-hybridized carbons (Fsp3) is 0.500. The van der Waals surface area contributed by atoms with E-state index in [0.717, 1.165) is 0 Å². The molecule has 0 saturated heterocycles. The second kappa shape index (κ2) is 8.47. The summed E-state index contributed by atoms with van der Waals surface area (Å²) in [7, 11) is 3.26. The van der Waals surface area contributed by atoms with E-state index in [4.69, 9.17) is 4.74 Å². The summed E-state index contributed by atoms with van der Waals surface area (Å²) in [6, 6.07) is 3.96. The van der Waals surface area contributed by atoms with Crippen molar-refractivity contribution < 1.29 is 13.5 Å². The Hall–Kier alpha value is -1.69. The first-order valence-corrected chi connectivity index (χ1v) is 6.47. The third-order valence-corrected chi connectivity index (χ3v) is 2.75. The molecule has 0 radical (unpaired) electrons. The van der Waals surface area contributed by atoms with Gasteiger partial charge in [-0.3, -0.25) is 4.99 Å². The summed E-state index contributed by atoms with van der Waals surface area (Å²) in [5.74, 6) is -0.476. The fourth-order valence-corrected chi connectivity index (χ4v) is 1.80. The van der Waals surface area contributed by atoms with E-state index in [0.29, 0.717) is 19.1 Å². The number of rotatable bonds is 6. The number of hydrogen-bond acceptors (Lipinski definition) is 2. The van der Waals surface area contributed by atoms with E-state index in [2.05, 4.69) is 15.6 Å². The smallest absolute Gasteiger partial charge is 0.191 e. The van der Waals surface area contributed by atoms with Crippen molar-refractivity contribution in [2.75, 3.05) is 27.3 Å². The zero-order chi connectivity index (χ0) is 15.0. The monoisotopic (exact) mass is 285 g/mol. The third kappa shape index (κ3) is 5.13. The van der Waals surface area contributed by atoms with Crippen molar-refractivity contribution in [3.8, 4) is 0 Å². The molecule has 1 unspecified atom stereocenters. The summed E-state index contributed by atoms with van der Waals surface area (Å²) in [5.41, 5.74) is 0.0837. The molecule has 0 amide bonds. The first-order chi connectivity index (χ1) is 9.58. The molecule has 1 aromatic rings. The molecule has 1 rings (SSSR count). The highest BCUT2D eigenvalue weighted by atomic mass is 19.1. The Balaban J connectivity index is 2.46. The summed E-state index contributed by atoms with van der Waals surface area (Å²) in [6.45, 7) is 2.88. The first kappa shape index (κ1) is 16.4. The molecule has 112 valence electrons. The molecule has 0 heterocycles. The van der Waals surface area contributed by atoms with Gasteiger partial charge in [0, 0.05) is 32.3 Å². The molecule has 6 heteroatoms. The fourth-order valence-electron chi connectivity index (χ4n) is 1.80. The summed E-state index contributed by atoms with van der Waals surface area (Å²) < 4.78 is 31.9. The molecule has 0 aliphatic carbocycles. The lowest BCUT2D eigenvalue weighted by Crippen LogP contribution is -2.44. The minimum atomic E-state index is -0.525. The van der Waals surface area contributed by atoms with Crippen LogP contribution in [0.1, 0.15) is 12.5 Å². The Kier molecular flexibility index (Phi) is 6.93. The zero-order valence-corrected chi connectivity index (χ0v) is 12.0. The molecule has 0 aromatic heterocycles. The van der Waals surface area contributed by atoms with Crippen LogP contribution in [-0.2, 0) is 11.2 Å². The van der Waals surface area contributed by atoms with Crippen LogP contribution in [0.15, 0.2) is 23.2 Å². The molecule has 0 aliphatic heterocycles. The van der Waals surface area contributed by atoms with E-state index >= 15 is 0 Å². The van der Waals surface area contributed by atoms with Gasteiger partial charge in [-0.2, -0.15) is 0 Å². The lowest BCUT2D eigenvalue weighted by molar-refractivity contribution is 0.179. The van der Waals surface area contributed by atoms with Gasteiger partial charge in [-0.1, -0.05) is 6.07 Å². The average Bonchev–Trinajstić information content (AvgIpc) is 2.41. The van der Waals surface area contributed by atoms with E-state index in [-0.39, 0.29) is 18.0 Å². The minimum absolute atomic E-state index is 0.0837. The molecule has 20 heavy (non-hydrogen) atoms. The van der Waals surface area contributed by atoms with Crippen LogP contribution >= 0.6 is 0 Å². The van der Waals surface area contributed by atoms with Gasteiger partial charge in [0.25, 0.3) is 0 Å². The van der Waals surface area contributed by atoms with Crippen molar-refractivity contribution in [2.24, 2.45) is 4.99 Å². The van der Waals surface area contributed by atoms with Gasteiger partial charge in [0.15, 0.2) is 5.96 Å². The number of benzene rings is 1.